The maximum atomic E-state index is 11.9. The Morgan fingerprint density at radius 3 is 2.94 bits per heavy atom. The van der Waals surface area contributed by atoms with E-state index in [1.165, 1.54) is 0 Å². The smallest absolute Gasteiger partial charge is 0.251 e. The number of carbonyl (C=O) groups is 1. The maximum absolute atomic E-state index is 11.9. The highest BCUT2D eigenvalue weighted by atomic mass is 79.9. The van der Waals surface area contributed by atoms with Crippen molar-refractivity contribution in [3.63, 3.8) is 0 Å². The zero-order chi connectivity index (χ0) is 13.0. The van der Waals surface area contributed by atoms with Gasteiger partial charge in [-0.15, -0.1) is 0 Å². The van der Waals surface area contributed by atoms with Crippen molar-refractivity contribution in [1.29, 1.82) is 0 Å². The molecule has 0 bridgehead atoms. The van der Waals surface area contributed by atoms with Crippen LogP contribution >= 0.6 is 15.9 Å². The first-order chi connectivity index (χ1) is 8.65. The van der Waals surface area contributed by atoms with Crippen molar-refractivity contribution in [3.8, 4) is 0 Å². The Kier molecular flexibility index (Phi) is 3.99. The van der Waals surface area contributed by atoms with E-state index in [0.29, 0.717) is 24.3 Å². The van der Waals surface area contributed by atoms with E-state index < -0.39 is 0 Å². The van der Waals surface area contributed by atoms with Crippen molar-refractivity contribution < 1.29 is 4.79 Å². The number of halogens is 1. The first-order valence-corrected chi connectivity index (χ1v) is 6.26. The van der Waals surface area contributed by atoms with Crippen LogP contribution in [-0.4, -0.2) is 22.2 Å². The van der Waals surface area contributed by atoms with E-state index in [9.17, 15) is 4.79 Å². The molecule has 0 saturated carbocycles. The van der Waals surface area contributed by atoms with Gasteiger partial charge in [0.1, 0.15) is 0 Å². The van der Waals surface area contributed by atoms with Gasteiger partial charge in [-0.05, 0) is 24.3 Å². The summed E-state index contributed by atoms with van der Waals surface area (Å²) in [6, 6.07) is 6.98. The van der Waals surface area contributed by atoms with Crippen LogP contribution in [0.4, 0.5) is 5.69 Å². The first-order valence-electron chi connectivity index (χ1n) is 5.47. The second-order valence-electron chi connectivity index (χ2n) is 3.80. The molecular weight excluding hydrogens is 296 g/mol. The molecule has 0 radical (unpaired) electrons. The predicted molar refractivity (Wildman–Crippen MR) is 73.1 cm³/mol. The molecule has 0 aliphatic rings. The quantitative estimate of drug-likeness (QED) is 0.844. The van der Waals surface area contributed by atoms with E-state index in [0.717, 1.165) is 4.47 Å². The Labute approximate surface area is 113 Å². The molecule has 0 aliphatic heterocycles. The number of nitrogens with two attached hydrogens (primary N) is 1. The Morgan fingerprint density at radius 1 is 1.44 bits per heavy atom. The first kappa shape index (κ1) is 12.6. The lowest BCUT2D eigenvalue weighted by Crippen LogP contribution is -2.27. The second kappa shape index (κ2) is 5.68. The molecule has 94 valence electrons. The fourth-order valence-electron chi connectivity index (χ4n) is 1.56. The SMILES string of the molecule is Nc1cc(Br)cc(C(=O)NCCn2cccn2)c1. The molecule has 1 heterocycles. The fraction of sp³-hybridized carbons (Fsp3) is 0.167. The monoisotopic (exact) mass is 308 g/mol. The average Bonchev–Trinajstić information content (AvgIpc) is 2.80. The summed E-state index contributed by atoms with van der Waals surface area (Å²) >= 11 is 3.31. The van der Waals surface area contributed by atoms with Gasteiger partial charge in [0, 0.05) is 34.7 Å². The van der Waals surface area contributed by atoms with E-state index >= 15 is 0 Å². The van der Waals surface area contributed by atoms with Gasteiger partial charge in [-0.3, -0.25) is 9.48 Å². The minimum Gasteiger partial charge on any atom is -0.399 e. The van der Waals surface area contributed by atoms with E-state index in [1.807, 2.05) is 12.3 Å². The number of benzene rings is 1. The van der Waals surface area contributed by atoms with Crippen LogP contribution in [-0.2, 0) is 6.54 Å². The Balaban J connectivity index is 1.91. The second-order valence-corrected chi connectivity index (χ2v) is 4.71. The molecule has 18 heavy (non-hydrogen) atoms. The van der Waals surface area contributed by atoms with Crippen LogP contribution in [0.2, 0.25) is 0 Å². The molecule has 0 fully saturated rings. The van der Waals surface area contributed by atoms with Crippen LogP contribution in [0.25, 0.3) is 0 Å². The fourth-order valence-corrected chi connectivity index (χ4v) is 2.07. The summed E-state index contributed by atoms with van der Waals surface area (Å²) < 4.78 is 2.55. The zero-order valence-electron chi connectivity index (χ0n) is 9.64. The highest BCUT2D eigenvalue weighted by Gasteiger charge is 2.06. The van der Waals surface area contributed by atoms with Gasteiger partial charge < -0.3 is 11.1 Å². The third-order valence-corrected chi connectivity index (χ3v) is 2.83. The number of hydrogen-bond donors (Lipinski definition) is 2. The van der Waals surface area contributed by atoms with E-state index in [2.05, 4.69) is 26.3 Å². The van der Waals surface area contributed by atoms with Gasteiger partial charge in [-0.2, -0.15) is 5.10 Å². The number of hydrogen-bond acceptors (Lipinski definition) is 3. The van der Waals surface area contributed by atoms with Crippen LogP contribution in [0.1, 0.15) is 10.4 Å². The number of aromatic nitrogens is 2. The molecule has 2 aromatic rings. The third-order valence-electron chi connectivity index (χ3n) is 2.37. The number of nitrogen functional groups attached to an aromatic ring is 1. The van der Waals surface area contributed by atoms with Gasteiger partial charge in [-0.25, -0.2) is 0 Å². The van der Waals surface area contributed by atoms with Crippen LogP contribution in [0.15, 0.2) is 41.1 Å². The van der Waals surface area contributed by atoms with Gasteiger partial charge in [0.2, 0.25) is 0 Å². The molecule has 0 saturated heterocycles. The molecule has 0 atom stereocenters. The molecule has 0 aliphatic carbocycles. The summed E-state index contributed by atoms with van der Waals surface area (Å²) in [7, 11) is 0. The lowest BCUT2D eigenvalue weighted by Gasteiger charge is -2.06. The van der Waals surface area contributed by atoms with Gasteiger partial charge in [0.05, 0.1) is 6.54 Å². The maximum Gasteiger partial charge on any atom is 0.251 e. The molecule has 2 rings (SSSR count). The van der Waals surface area contributed by atoms with Gasteiger partial charge >= 0.3 is 0 Å². The van der Waals surface area contributed by atoms with Gasteiger partial charge in [0.25, 0.3) is 5.91 Å². The summed E-state index contributed by atoms with van der Waals surface area (Å²) in [6.45, 7) is 1.16. The van der Waals surface area contributed by atoms with Crippen molar-refractivity contribution in [2.24, 2.45) is 0 Å². The number of rotatable bonds is 4. The van der Waals surface area contributed by atoms with Crippen LogP contribution < -0.4 is 11.1 Å². The summed E-state index contributed by atoms with van der Waals surface area (Å²) in [5.74, 6) is -0.143. The van der Waals surface area contributed by atoms with E-state index in [1.54, 1.807) is 29.1 Å². The standard InChI is InChI=1S/C12H13BrN4O/c13-10-6-9(7-11(14)8-10)12(18)15-3-5-17-4-1-2-16-17/h1-2,4,6-8H,3,5,14H2,(H,15,18). The van der Waals surface area contributed by atoms with E-state index in [-0.39, 0.29) is 5.91 Å². The van der Waals surface area contributed by atoms with Crippen molar-refractivity contribution in [1.82, 2.24) is 15.1 Å². The molecule has 3 N–H and O–H groups in total. The number of nitrogens with zero attached hydrogens (tertiary/aromatic N) is 2. The highest BCUT2D eigenvalue weighted by Crippen LogP contribution is 2.17. The lowest BCUT2D eigenvalue weighted by molar-refractivity contribution is 0.0952. The topological polar surface area (TPSA) is 72.9 Å². The predicted octanol–water partition coefficient (Wildman–Crippen LogP) is 1.66. The van der Waals surface area contributed by atoms with Crippen molar-refractivity contribution in [2.45, 2.75) is 6.54 Å². The Morgan fingerprint density at radius 2 is 2.28 bits per heavy atom. The third kappa shape index (κ3) is 3.33. The number of carbonyl (C=O) groups excluding carboxylic acids is 1. The molecule has 6 heteroatoms. The normalized spacial score (nSPS) is 10.3. The molecule has 1 amide bonds. The largest absolute Gasteiger partial charge is 0.399 e. The molecule has 1 aromatic heterocycles. The summed E-state index contributed by atoms with van der Waals surface area (Å²) in [4.78, 5) is 11.9. The lowest BCUT2D eigenvalue weighted by atomic mass is 10.2. The Bertz CT molecular complexity index is 519. The molecule has 1 aromatic carbocycles. The summed E-state index contributed by atoms with van der Waals surface area (Å²) in [5, 5.41) is 6.87. The van der Waals surface area contributed by atoms with Crippen molar-refractivity contribution >= 4 is 27.5 Å². The molecule has 0 unspecified atom stereocenters. The minimum absolute atomic E-state index is 0.143. The van der Waals surface area contributed by atoms with Gasteiger partial charge in [-0.1, -0.05) is 15.9 Å². The molecular formula is C12H13BrN4O. The molecule has 0 spiro atoms. The average molecular weight is 309 g/mol. The number of amides is 1. The summed E-state index contributed by atoms with van der Waals surface area (Å²) in [6.07, 6.45) is 3.56. The van der Waals surface area contributed by atoms with Gasteiger partial charge in [0.15, 0.2) is 0 Å². The summed E-state index contributed by atoms with van der Waals surface area (Å²) in [5.41, 5.74) is 6.78. The van der Waals surface area contributed by atoms with Crippen LogP contribution in [0.3, 0.4) is 0 Å². The van der Waals surface area contributed by atoms with Crippen LogP contribution in [0.5, 0.6) is 0 Å². The zero-order valence-corrected chi connectivity index (χ0v) is 11.2. The Hall–Kier alpha value is -1.82. The highest BCUT2D eigenvalue weighted by molar-refractivity contribution is 9.10. The number of nitrogens with one attached hydrogen (secondary N) is 1. The van der Waals surface area contributed by atoms with Crippen LogP contribution in [0, 0.1) is 0 Å². The minimum atomic E-state index is -0.143. The van der Waals surface area contributed by atoms with Crippen molar-refractivity contribution in [3.05, 3.63) is 46.7 Å². The number of anilines is 1. The van der Waals surface area contributed by atoms with E-state index in [4.69, 9.17) is 5.73 Å². The molecule has 5 nitrogen and oxygen atoms in total. The van der Waals surface area contributed by atoms with Crippen molar-refractivity contribution in [2.75, 3.05) is 12.3 Å².